The molecule has 1 aliphatic rings. The van der Waals surface area contributed by atoms with Crippen LogP contribution in [0.15, 0.2) is 32.0 Å². The van der Waals surface area contributed by atoms with Crippen LogP contribution in [0.25, 0.3) is 0 Å². The molecule has 1 atom stereocenters. The molecule has 0 amide bonds. The van der Waals surface area contributed by atoms with Crippen LogP contribution < -0.4 is 10.5 Å². The van der Waals surface area contributed by atoms with Gasteiger partial charge in [-0.05, 0) is 52.9 Å². The molecular weight excluding hydrogens is 408 g/mol. The third-order valence-corrected chi connectivity index (χ3v) is 6.69. The lowest BCUT2D eigenvalue weighted by molar-refractivity contribution is 0.405. The van der Waals surface area contributed by atoms with Crippen LogP contribution >= 0.6 is 31.9 Å². The summed E-state index contributed by atoms with van der Waals surface area (Å²) in [5.41, 5.74) is 5.76. The van der Waals surface area contributed by atoms with Crippen LogP contribution in [0.3, 0.4) is 0 Å². The molecule has 20 heavy (non-hydrogen) atoms. The molecule has 0 radical (unpaired) electrons. The number of nitrogens with two attached hydrogens (primary N) is 1. The van der Waals surface area contributed by atoms with Gasteiger partial charge >= 0.3 is 0 Å². The summed E-state index contributed by atoms with van der Waals surface area (Å²) in [7, 11) is -3.57. The fourth-order valence-electron chi connectivity index (χ4n) is 2.64. The van der Waals surface area contributed by atoms with Gasteiger partial charge in [0, 0.05) is 21.5 Å². The second-order valence-electron chi connectivity index (χ2n) is 5.08. The normalized spacial score (nSPS) is 18.4. The minimum Gasteiger partial charge on any atom is -0.329 e. The summed E-state index contributed by atoms with van der Waals surface area (Å²) in [6.45, 7) is 0.329. The van der Waals surface area contributed by atoms with Crippen molar-refractivity contribution in [2.75, 3.05) is 6.54 Å². The van der Waals surface area contributed by atoms with E-state index in [0.717, 1.165) is 30.2 Å². The first-order chi connectivity index (χ1) is 9.44. The molecule has 1 fully saturated rings. The molecule has 112 valence electrons. The quantitative estimate of drug-likeness (QED) is 0.761. The second kappa shape index (κ2) is 6.87. The Bertz CT molecular complexity index is 572. The van der Waals surface area contributed by atoms with Gasteiger partial charge in [-0.15, -0.1) is 0 Å². The first kappa shape index (κ1) is 16.4. The van der Waals surface area contributed by atoms with Gasteiger partial charge in [-0.1, -0.05) is 28.8 Å². The molecule has 2 rings (SSSR count). The van der Waals surface area contributed by atoms with Gasteiger partial charge in [0.1, 0.15) is 0 Å². The summed E-state index contributed by atoms with van der Waals surface area (Å²) in [4.78, 5) is 0.239. The SMILES string of the molecule is NCC(NS(=O)(=O)c1cc(Br)ccc1Br)C1CCCC1. The lowest BCUT2D eigenvalue weighted by atomic mass is 9.99. The Labute approximate surface area is 136 Å². The molecule has 0 spiro atoms. The summed E-state index contributed by atoms with van der Waals surface area (Å²) >= 11 is 6.59. The molecule has 1 aliphatic carbocycles. The van der Waals surface area contributed by atoms with Crippen molar-refractivity contribution in [2.45, 2.75) is 36.6 Å². The van der Waals surface area contributed by atoms with Crippen LogP contribution in [-0.4, -0.2) is 21.0 Å². The smallest absolute Gasteiger partial charge is 0.242 e. The molecular formula is C13H18Br2N2O2S. The van der Waals surface area contributed by atoms with Gasteiger partial charge in [-0.3, -0.25) is 0 Å². The fraction of sp³-hybridized carbons (Fsp3) is 0.538. The molecule has 1 aromatic carbocycles. The minimum atomic E-state index is -3.57. The molecule has 0 bridgehead atoms. The molecule has 0 aromatic heterocycles. The van der Waals surface area contributed by atoms with Gasteiger partial charge in [0.05, 0.1) is 4.90 Å². The van der Waals surface area contributed by atoms with Crippen molar-refractivity contribution < 1.29 is 8.42 Å². The third kappa shape index (κ3) is 3.82. The number of rotatable bonds is 5. The molecule has 0 heterocycles. The molecule has 4 nitrogen and oxygen atoms in total. The van der Waals surface area contributed by atoms with Crippen LogP contribution in [0.4, 0.5) is 0 Å². The van der Waals surface area contributed by atoms with E-state index >= 15 is 0 Å². The average Bonchev–Trinajstić information content (AvgIpc) is 2.92. The van der Waals surface area contributed by atoms with Crippen molar-refractivity contribution in [2.24, 2.45) is 11.7 Å². The van der Waals surface area contributed by atoms with Crippen LogP contribution in [0.2, 0.25) is 0 Å². The number of hydrogen-bond acceptors (Lipinski definition) is 3. The standard InChI is InChI=1S/C13H18Br2N2O2S/c14-10-5-6-11(15)13(7-10)20(18,19)17-12(8-16)9-3-1-2-4-9/h5-7,9,12,17H,1-4,8,16H2. The Balaban J connectivity index is 2.23. The van der Waals surface area contributed by atoms with Gasteiger partial charge in [-0.2, -0.15) is 0 Å². The predicted molar refractivity (Wildman–Crippen MR) is 87.0 cm³/mol. The van der Waals surface area contributed by atoms with Crippen molar-refractivity contribution in [1.82, 2.24) is 4.72 Å². The van der Waals surface area contributed by atoms with E-state index in [1.54, 1.807) is 18.2 Å². The molecule has 0 saturated heterocycles. The van der Waals surface area contributed by atoms with Crippen molar-refractivity contribution >= 4 is 41.9 Å². The lowest BCUT2D eigenvalue weighted by Crippen LogP contribution is -2.44. The number of hydrogen-bond donors (Lipinski definition) is 2. The highest BCUT2D eigenvalue weighted by Crippen LogP contribution is 2.30. The number of nitrogens with one attached hydrogen (secondary N) is 1. The van der Waals surface area contributed by atoms with Crippen molar-refractivity contribution in [3.63, 3.8) is 0 Å². The first-order valence-corrected chi connectivity index (χ1v) is 9.68. The molecule has 3 N–H and O–H groups in total. The molecule has 1 unspecified atom stereocenters. The maximum absolute atomic E-state index is 12.5. The number of sulfonamides is 1. The average molecular weight is 426 g/mol. The van der Waals surface area contributed by atoms with Crippen molar-refractivity contribution in [3.8, 4) is 0 Å². The van der Waals surface area contributed by atoms with E-state index < -0.39 is 10.0 Å². The first-order valence-electron chi connectivity index (χ1n) is 6.61. The Hall–Kier alpha value is 0.0500. The van der Waals surface area contributed by atoms with Gasteiger partial charge in [0.2, 0.25) is 10.0 Å². The molecule has 1 aromatic rings. The van der Waals surface area contributed by atoms with Gasteiger partial charge in [0.15, 0.2) is 0 Å². The lowest BCUT2D eigenvalue weighted by Gasteiger charge is -2.23. The van der Waals surface area contributed by atoms with Crippen LogP contribution in [0, 0.1) is 5.92 Å². The fourth-order valence-corrected chi connectivity index (χ4v) is 5.46. The highest BCUT2D eigenvalue weighted by Gasteiger charge is 2.29. The molecule has 7 heteroatoms. The number of benzene rings is 1. The third-order valence-electron chi connectivity index (χ3n) is 3.71. The zero-order valence-electron chi connectivity index (χ0n) is 11.0. The topological polar surface area (TPSA) is 72.2 Å². The van der Waals surface area contributed by atoms with Crippen LogP contribution in [0.1, 0.15) is 25.7 Å². The zero-order chi connectivity index (χ0) is 14.8. The van der Waals surface area contributed by atoms with Crippen LogP contribution in [0.5, 0.6) is 0 Å². The van der Waals surface area contributed by atoms with E-state index in [2.05, 4.69) is 36.6 Å². The van der Waals surface area contributed by atoms with E-state index in [-0.39, 0.29) is 10.9 Å². The molecule has 1 saturated carbocycles. The Morgan fingerprint density at radius 2 is 1.95 bits per heavy atom. The maximum Gasteiger partial charge on any atom is 0.242 e. The second-order valence-corrected chi connectivity index (χ2v) is 8.54. The van der Waals surface area contributed by atoms with Crippen molar-refractivity contribution in [1.29, 1.82) is 0 Å². The predicted octanol–water partition coefficient (Wildman–Crippen LogP) is 3.01. The highest BCUT2D eigenvalue weighted by atomic mass is 79.9. The van der Waals surface area contributed by atoms with Crippen molar-refractivity contribution in [3.05, 3.63) is 27.1 Å². The largest absolute Gasteiger partial charge is 0.329 e. The van der Waals surface area contributed by atoms with E-state index in [4.69, 9.17) is 5.73 Å². The summed E-state index contributed by atoms with van der Waals surface area (Å²) in [6, 6.07) is 4.91. The Kier molecular flexibility index (Phi) is 5.64. The minimum absolute atomic E-state index is 0.187. The van der Waals surface area contributed by atoms with E-state index in [9.17, 15) is 8.42 Å². The summed E-state index contributed by atoms with van der Waals surface area (Å²) in [6.07, 6.45) is 4.40. The summed E-state index contributed by atoms with van der Waals surface area (Å²) in [5, 5.41) is 0. The van der Waals surface area contributed by atoms with E-state index in [0.29, 0.717) is 16.9 Å². The van der Waals surface area contributed by atoms with Crippen LogP contribution in [-0.2, 0) is 10.0 Å². The monoisotopic (exact) mass is 424 g/mol. The van der Waals surface area contributed by atoms with E-state index in [1.807, 2.05) is 0 Å². The Morgan fingerprint density at radius 3 is 2.55 bits per heavy atom. The van der Waals surface area contributed by atoms with Gasteiger partial charge in [-0.25, -0.2) is 13.1 Å². The zero-order valence-corrected chi connectivity index (χ0v) is 15.0. The van der Waals surface area contributed by atoms with E-state index in [1.165, 1.54) is 0 Å². The highest BCUT2D eigenvalue weighted by molar-refractivity contribution is 9.11. The summed E-state index contributed by atoms with van der Waals surface area (Å²) < 4.78 is 29.1. The van der Waals surface area contributed by atoms with Gasteiger partial charge < -0.3 is 5.73 Å². The van der Waals surface area contributed by atoms with Gasteiger partial charge in [0.25, 0.3) is 0 Å². The number of halogens is 2. The summed E-state index contributed by atoms with van der Waals surface area (Å²) in [5.74, 6) is 0.348. The Morgan fingerprint density at radius 1 is 1.30 bits per heavy atom. The maximum atomic E-state index is 12.5. The molecule has 0 aliphatic heterocycles.